The van der Waals surface area contributed by atoms with E-state index in [0.29, 0.717) is 18.7 Å². The second kappa shape index (κ2) is 11.1. The van der Waals surface area contributed by atoms with Gasteiger partial charge in [-0.15, -0.1) is 0 Å². The monoisotopic (exact) mass is 464 g/mol. The number of ether oxygens (including phenoxy) is 1. The molecule has 0 radical (unpaired) electrons. The molecule has 2 atom stereocenters. The number of aromatic nitrogens is 1. The molecule has 0 spiro atoms. The van der Waals surface area contributed by atoms with Crippen molar-refractivity contribution in [1.29, 1.82) is 5.26 Å². The van der Waals surface area contributed by atoms with Crippen LogP contribution in [0.3, 0.4) is 0 Å². The van der Waals surface area contributed by atoms with Crippen molar-refractivity contribution in [2.45, 2.75) is 77.4 Å². The van der Waals surface area contributed by atoms with Crippen molar-refractivity contribution in [3.63, 3.8) is 0 Å². The number of nitriles is 1. The van der Waals surface area contributed by atoms with Crippen LogP contribution in [0.15, 0.2) is 24.3 Å². The Morgan fingerprint density at radius 2 is 1.97 bits per heavy atom. The van der Waals surface area contributed by atoms with Gasteiger partial charge >= 0.3 is 5.97 Å². The number of carbonyl (C=O) groups is 2. The molecular weight excluding hydrogens is 428 g/mol. The summed E-state index contributed by atoms with van der Waals surface area (Å²) in [6.07, 6.45) is 6.66. The van der Waals surface area contributed by atoms with E-state index in [1.165, 1.54) is 5.69 Å². The maximum absolute atomic E-state index is 13.3. The van der Waals surface area contributed by atoms with E-state index in [2.05, 4.69) is 23.6 Å². The minimum atomic E-state index is -0.294. The van der Waals surface area contributed by atoms with E-state index < -0.39 is 0 Å². The highest BCUT2D eigenvalue weighted by Crippen LogP contribution is 2.27. The third-order valence-corrected chi connectivity index (χ3v) is 7.38. The van der Waals surface area contributed by atoms with Gasteiger partial charge in [0.05, 0.1) is 24.8 Å². The number of esters is 1. The van der Waals surface area contributed by atoms with Crippen molar-refractivity contribution >= 4 is 22.8 Å². The topological polar surface area (TPSA) is 78.6 Å². The van der Waals surface area contributed by atoms with Crippen LogP contribution in [0.4, 0.5) is 0 Å². The van der Waals surface area contributed by atoms with Gasteiger partial charge in [-0.25, -0.2) is 0 Å². The van der Waals surface area contributed by atoms with Gasteiger partial charge in [0, 0.05) is 30.3 Å². The maximum Gasteiger partial charge on any atom is 0.323 e. The number of likely N-dealkylation sites (tertiary alicyclic amines) is 2. The number of amides is 1. The Labute approximate surface area is 202 Å². The first-order chi connectivity index (χ1) is 16.5. The predicted octanol–water partition coefficient (Wildman–Crippen LogP) is 3.87. The molecule has 0 N–H and O–H groups in total. The van der Waals surface area contributed by atoms with Gasteiger partial charge in [-0.1, -0.05) is 12.5 Å². The summed E-state index contributed by atoms with van der Waals surface area (Å²) in [4.78, 5) is 29.8. The largest absolute Gasteiger partial charge is 0.465 e. The minimum Gasteiger partial charge on any atom is -0.465 e. The highest BCUT2D eigenvalue weighted by atomic mass is 16.5. The molecule has 7 heteroatoms. The van der Waals surface area contributed by atoms with Crippen LogP contribution in [0.2, 0.25) is 0 Å². The molecule has 3 heterocycles. The summed E-state index contributed by atoms with van der Waals surface area (Å²) in [6.45, 7) is 7.05. The Hall–Kier alpha value is -2.85. The number of fused-ring (bicyclic) bond motifs is 1. The minimum absolute atomic E-state index is 0.133. The van der Waals surface area contributed by atoms with Crippen molar-refractivity contribution in [1.82, 2.24) is 14.4 Å². The summed E-state index contributed by atoms with van der Waals surface area (Å²) in [5.74, 6) is -0.0617. The molecule has 34 heavy (non-hydrogen) atoms. The molecule has 2 saturated heterocycles. The van der Waals surface area contributed by atoms with E-state index in [1.54, 1.807) is 0 Å². The van der Waals surface area contributed by atoms with Crippen LogP contribution in [0.1, 0.15) is 63.6 Å². The molecule has 2 fully saturated rings. The average molecular weight is 465 g/mol. The van der Waals surface area contributed by atoms with Gasteiger partial charge in [-0.05, 0) is 82.5 Å². The zero-order valence-electron chi connectivity index (χ0n) is 20.5. The summed E-state index contributed by atoms with van der Waals surface area (Å²) in [6, 6.07) is 10.2. The van der Waals surface area contributed by atoms with Crippen molar-refractivity contribution < 1.29 is 14.3 Å². The normalized spacial score (nSPS) is 21.0. The predicted molar refractivity (Wildman–Crippen MR) is 131 cm³/mol. The smallest absolute Gasteiger partial charge is 0.323 e. The molecule has 0 bridgehead atoms. The molecular formula is C27H36N4O3. The Kier molecular flexibility index (Phi) is 7.89. The first-order valence-corrected chi connectivity index (χ1v) is 12.8. The van der Waals surface area contributed by atoms with Crippen LogP contribution in [-0.4, -0.2) is 64.6 Å². The van der Waals surface area contributed by atoms with Crippen molar-refractivity contribution in [3.05, 3.63) is 35.5 Å². The lowest BCUT2D eigenvalue weighted by Gasteiger charge is -2.35. The van der Waals surface area contributed by atoms with Crippen LogP contribution >= 0.6 is 0 Å². The Bertz CT molecular complexity index is 1070. The van der Waals surface area contributed by atoms with E-state index >= 15 is 0 Å². The molecule has 2 aliphatic rings. The van der Waals surface area contributed by atoms with Crippen LogP contribution in [-0.2, 0) is 27.3 Å². The van der Waals surface area contributed by atoms with E-state index in [9.17, 15) is 14.9 Å². The van der Waals surface area contributed by atoms with Crippen LogP contribution < -0.4 is 0 Å². The van der Waals surface area contributed by atoms with Gasteiger partial charge < -0.3 is 14.2 Å². The lowest BCUT2D eigenvalue weighted by Crippen LogP contribution is -2.51. The van der Waals surface area contributed by atoms with Gasteiger partial charge in [-0.3, -0.25) is 14.5 Å². The van der Waals surface area contributed by atoms with E-state index in [-0.39, 0.29) is 24.0 Å². The summed E-state index contributed by atoms with van der Waals surface area (Å²) >= 11 is 0. The number of carbonyl (C=O) groups excluding carboxylic acids is 2. The highest BCUT2D eigenvalue weighted by molar-refractivity contribution is 5.83. The van der Waals surface area contributed by atoms with Gasteiger partial charge in [0.1, 0.15) is 6.04 Å². The van der Waals surface area contributed by atoms with Crippen molar-refractivity contribution in [2.24, 2.45) is 0 Å². The molecule has 7 nitrogen and oxygen atoms in total. The molecule has 2 aliphatic heterocycles. The number of aryl methyl sites for hydroxylation is 2. The van der Waals surface area contributed by atoms with Crippen molar-refractivity contribution in [2.75, 3.05) is 26.2 Å². The summed E-state index contributed by atoms with van der Waals surface area (Å²) < 4.78 is 7.55. The quantitative estimate of drug-likeness (QED) is 0.554. The molecule has 0 saturated carbocycles. The molecule has 4 rings (SSSR count). The fraction of sp³-hybridized carbons (Fsp3) is 0.593. The average Bonchev–Trinajstić information content (AvgIpc) is 3.46. The maximum atomic E-state index is 13.3. The summed E-state index contributed by atoms with van der Waals surface area (Å²) in [5, 5.41) is 10.4. The van der Waals surface area contributed by atoms with Crippen molar-refractivity contribution in [3.8, 4) is 6.07 Å². The molecule has 2 aromatic rings. The third-order valence-electron chi connectivity index (χ3n) is 7.38. The first kappa shape index (κ1) is 24.3. The van der Waals surface area contributed by atoms with Gasteiger partial charge in [0.2, 0.25) is 5.91 Å². The second-order valence-corrected chi connectivity index (χ2v) is 9.42. The van der Waals surface area contributed by atoms with Crippen LogP contribution in [0.5, 0.6) is 0 Å². The number of hydrogen-bond donors (Lipinski definition) is 0. The fourth-order valence-corrected chi connectivity index (χ4v) is 5.69. The molecule has 1 amide bonds. The number of nitrogens with zero attached hydrogens (tertiary/aromatic N) is 4. The van der Waals surface area contributed by atoms with Gasteiger partial charge in [0.25, 0.3) is 0 Å². The van der Waals surface area contributed by atoms with Gasteiger partial charge in [0.15, 0.2) is 0 Å². The number of rotatable bonds is 8. The second-order valence-electron chi connectivity index (χ2n) is 9.42. The highest BCUT2D eigenvalue weighted by Gasteiger charge is 2.34. The number of benzene rings is 1. The fourth-order valence-electron chi connectivity index (χ4n) is 5.69. The standard InChI is InChI=1S/C27H36N4O3/c1-3-30-23(17-21-11-10-20(18-28)16-25(21)30)13-12-22-8-7-15-31(22)26(32)19-29-14-6-5-9-24(29)27(33)34-4-2/h10-11,16-17,22,24H,3-9,12-15,19H2,1-2H3/t22-,24?/m0/s1. The number of piperidine rings is 1. The van der Waals surface area contributed by atoms with Crippen LogP contribution in [0, 0.1) is 11.3 Å². The zero-order valence-corrected chi connectivity index (χ0v) is 20.5. The molecule has 0 aliphatic carbocycles. The summed E-state index contributed by atoms with van der Waals surface area (Å²) in [5.41, 5.74) is 3.04. The van der Waals surface area contributed by atoms with E-state index in [1.807, 2.05) is 34.9 Å². The lowest BCUT2D eigenvalue weighted by molar-refractivity contribution is -0.152. The molecule has 1 aromatic heterocycles. The SMILES string of the molecule is CCOC(=O)C1CCCCN1CC(=O)N1CCC[C@H]1CCc1cc2ccc(C#N)cc2n1CC. The molecule has 1 unspecified atom stereocenters. The Morgan fingerprint density at radius 3 is 2.74 bits per heavy atom. The Balaban J connectivity index is 1.41. The Morgan fingerprint density at radius 1 is 1.12 bits per heavy atom. The lowest BCUT2D eigenvalue weighted by atomic mass is 10.0. The third kappa shape index (κ3) is 5.12. The summed E-state index contributed by atoms with van der Waals surface area (Å²) in [7, 11) is 0. The molecule has 1 aromatic carbocycles. The van der Waals surface area contributed by atoms with Crippen LogP contribution in [0.25, 0.3) is 10.9 Å². The van der Waals surface area contributed by atoms with E-state index in [4.69, 9.17) is 4.74 Å². The van der Waals surface area contributed by atoms with E-state index in [0.717, 1.165) is 75.5 Å². The zero-order chi connectivity index (χ0) is 24.1. The first-order valence-electron chi connectivity index (χ1n) is 12.8. The number of hydrogen-bond acceptors (Lipinski definition) is 5. The van der Waals surface area contributed by atoms with Gasteiger partial charge in [-0.2, -0.15) is 5.26 Å². The molecule has 182 valence electrons.